The van der Waals surface area contributed by atoms with E-state index in [1.54, 1.807) is 0 Å². The first-order chi connectivity index (χ1) is 7.75. The highest BCUT2D eigenvalue weighted by molar-refractivity contribution is 8.14. The zero-order chi connectivity index (χ0) is 11.4. The molecule has 0 aromatic heterocycles. The van der Waals surface area contributed by atoms with Crippen LogP contribution >= 0.6 is 11.8 Å². The number of piperidine rings is 1. The molecule has 0 saturated carbocycles. The normalized spacial score (nSPS) is 29.9. The Labute approximate surface area is 99.1 Å². The van der Waals surface area contributed by atoms with Gasteiger partial charge in [0, 0.05) is 18.3 Å². The molecule has 2 aliphatic rings. The number of nitrogens with one attached hydrogen (secondary N) is 3. The van der Waals surface area contributed by atoms with Gasteiger partial charge in [-0.2, -0.15) is 0 Å². The average Bonchev–Trinajstić information content (AvgIpc) is 2.74. The lowest BCUT2D eigenvalue weighted by atomic mass is 10.1. The SMILES string of the molecule is O=C1NC(C(=O)NCC2CCCCN2)CS1. The van der Waals surface area contributed by atoms with Gasteiger partial charge in [-0.25, -0.2) is 0 Å². The van der Waals surface area contributed by atoms with Gasteiger partial charge in [-0.15, -0.1) is 0 Å². The molecular weight excluding hydrogens is 226 g/mol. The highest BCUT2D eigenvalue weighted by Crippen LogP contribution is 2.13. The summed E-state index contributed by atoms with van der Waals surface area (Å²) in [6.07, 6.45) is 3.56. The van der Waals surface area contributed by atoms with E-state index in [-0.39, 0.29) is 17.2 Å². The molecule has 0 aromatic carbocycles. The standard InChI is InChI=1S/C10H17N3O2S/c14-9(8-6-16-10(15)13-8)12-5-7-3-1-2-4-11-7/h7-8,11H,1-6H2,(H,12,14)(H,13,15). The van der Waals surface area contributed by atoms with Crippen molar-refractivity contribution >= 4 is 22.9 Å². The van der Waals surface area contributed by atoms with Gasteiger partial charge in [0.15, 0.2) is 0 Å². The van der Waals surface area contributed by atoms with Crippen molar-refractivity contribution < 1.29 is 9.59 Å². The topological polar surface area (TPSA) is 70.2 Å². The molecule has 90 valence electrons. The Morgan fingerprint density at radius 3 is 3.00 bits per heavy atom. The third-order valence-electron chi connectivity index (χ3n) is 2.92. The highest BCUT2D eigenvalue weighted by Gasteiger charge is 2.28. The van der Waals surface area contributed by atoms with E-state index in [4.69, 9.17) is 0 Å². The second-order valence-corrected chi connectivity index (χ2v) is 5.18. The minimum atomic E-state index is -0.346. The number of carbonyl (C=O) groups is 2. The maximum absolute atomic E-state index is 11.7. The van der Waals surface area contributed by atoms with E-state index in [9.17, 15) is 9.59 Å². The van der Waals surface area contributed by atoms with E-state index in [0.29, 0.717) is 18.3 Å². The Bertz CT molecular complexity index is 279. The van der Waals surface area contributed by atoms with Crippen LogP contribution in [0.5, 0.6) is 0 Å². The molecule has 16 heavy (non-hydrogen) atoms. The smallest absolute Gasteiger partial charge is 0.279 e. The second-order valence-electron chi connectivity index (χ2n) is 4.19. The fraction of sp³-hybridized carbons (Fsp3) is 0.800. The first-order valence-electron chi connectivity index (χ1n) is 5.70. The molecule has 0 spiro atoms. The van der Waals surface area contributed by atoms with Crippen LogP contribution in [0, 0.1) is 0 Å². The van der Waals surface area contributed by atoms with E-state index >= 15 is 0 Å². The molecule has 5 nitrogen and oxygen atoms in total. The summed E-state index contributed by atoms with van der Waals surface area (Å²) in [5, 5.41) is 8.78. The quantitative estimate of drug-likeness (QED) is 0.656. The molecule has 2 unspecified atom stereocenters. The summed E-state index contributed by atoms with van der Waals surface area (Å²) in [6, 6.07) is 0.0450. The van der Waals surface area contributed by atoms with Crippen LogP contribution in [0.25, 0.3) is 0 Å². The molecule has 0 bridgehead atoms. The molecule has 2 rings (SSSR count). The second kappa shape index (κ2) is 5.54. The van der Waals surface area contributed by atoms with Gasteiger partial charge in [-0.1, -0.05) is 18.2 Å². The highest BCUT2D eigenvalue weighted by atomic mass is 32.2. The predicted molar refractivity (Wildman–Crippen MR) is 63.4 cm³/mol. The summed E-state index contributed by atoms with van der Waals surface area (Å²) in [6.45, 7) is 1.70. The molecule has 2 fully saturated rings. The van der Waals surface area contributed by atoms with E-state index < -0.39 is 0 Å². The molecule has 2 saturated heterocycles. The van der Waals surface area contributed by atoms with E-state index in [2.05, 4.69) is 16.0 Å². The fourth-order valence-electron chi connectivity index (χ4n) is 1.97. The largest absolute Gasteiger partial charge is 0.353 e. The van der Waals surface area contributed by atoms with Gasteiger partial charge in [-0.05, 0) is 19.4 Å². The van der Waals surface area contributed by atoms with E-state index in [0.717, 1.165) is 13.0 Å². The fourth-order valence-corrected chi connectivity index (χ4v) is 2.75. The molecule has 2 heterocycles. The molecule has 3 N–H and O–H groups in total. The summed E-state index contributed by atoms with van der Waals surface area (Å²) >= 11 is 1.17. The first kappa shape index (κ1) is 11.7. The van der Waals surface area contributed by atoms with Crippen molar-refractivity contribution in [3.63, 3.8) is 0 Å². The number of amides is 2. The van der Waals surface area contributed by atoms with Crippen LogP contribution in [0.4, 0.5) is 4.79 Å². The Balaban J connectivity index is 1.68. The summed E-state index contributed by atoms with van der Waals surface area (Å²) in [4.78, 5) is 22.6. The summed E-state index contributed by atoms with van der Waals surface area (Å²) in [7, 11) is 0. The minimum Gasteiger partial charge on any atom is -0.353 e. The molecule has 6 heteroatoms. The molecule has 2 amide bonds. The van der Waals surface area contributed by atoms with Crippen LogP contribution in [-0.4, -0.2) is 42.1 Å². The Hall–Kier alpha value is -0.750. The van der Waals surface area contributed by atoms with Crippen molar-refractivity contribution in [1.82, 2.24) is 16.0 Å². The van der Waals surface area contributed by atoms with Crippen molar-refractivity contribution in [1.29, 1.82) is 0 Å². The van der Waals surface area contributed by atoms with Gasteiger partial charge in [-0.3, -0.25) is 9.59 Å². The van der Waals surface area contributed by atoms with Crippen molar-refractivity contribution in [3.8, 4) is 0 Å². The van der Waals surface area contributed by atoms with Gasteiger partial charge < -0.3 is 16.0 Å². The summed E-state index contributed by atoms with van der Waals surface area (Å²) < 4.78 is 0. The lowest BCUT2D eigenvalue weighted by Crippen LogP contribution is -2.48. The maximum atomic E-state index is 11.7. The third-order valence-corrected chi connectivity index (χ3v) is 3.80. The van der Waals surface area contributed by atoms with Crippen molar-refractivity contribution in [2.24, 2.45) is 0 Å². The Morgan fingerprint density at radius 2 is 2.38 bits per heavy atom. The van der Waals surface area contributed by atoms with Gasteiger partial charge in [0.25, 0.3) is 5.24 Å². The molecule has 2 atom stereocenters. The van der Waals surface area contributed by atoms with Gasteiger partial charge in [0.1, 0.15) is 6.04 Å². The molecule has 0 radical (unpaired) electrons. The van der Waals surface area contributed by atoms with Crippen LogP contribution in [0.15, 0.2) is 0 Å². The molecule has 2 aliphatic heterocycles. The van der Waals surface area contributed by atoms with Crippen LogP contribution in [0.2, 0.25) is 0 Å². The maximum Gasteiger partial charge on any atom is 0.279 e. The Kier molecular flexibility index (Phi) is 4.06. The molecular formula is C10H17N3O2S. The lowest BCUT2D eigenvalue weighted by molar-refractivity contribution is -0.122. The van der Waals surface area contributed by atoms with Gasteiger partial charge >= 0.3 is 0 Å². The van der Waals surface area contributed by atoms with Crippen LogP contribution in [0.3, 0.4) is 0 Å². The van der Waals surface area contributed by atoms with E-state index in [1.807, 2.05) is 0 Å². The van der Waals surface area contributed by atoms with E-state index in [1.165, 1.54) is 24.6 Å². The van der Waals surface area contributed by atoms with Crippen molar-refractivity contribution in [2.45, 2.75) is 31.3 Å². The number of hydrogen-bond acceptors (Lipinski definition) is 4. The number of rotatable bonds is 3. The Morgan fingerprint density at radius 1 is 1.50 bits per heavy atom. The number of carbonyl (C=O) groups excluding carboxylic acids is 2. The number of hydrogen-bond donors (Lipinski definition) is 3. The van der Waals surface area contributed by atoms with Crippen LogP contribution in [-0.2, 0) is 4.79 Å². The minimum absolute atomic E-state index is 0.0641. The zero-order valence-electron chi connectivity index (χ0n) is 9.12. The van der Waals surface area contributed by atoms with Gasteiger partial charge in [0.2, 0.25) is 5.91 Å². The zero-order valence-corrected chi connectivity index (χ0v) is 9.94. The average molecular weight is 243 g/mol. The number of thioether (sulfide) groups is 1. The predicted octanol–water partition coefficient (Wildman–Crippen LogP) is 0.0697. The van der Waals surface area contributed by atoms with Crippen molar-refractivity contribution in [2.75, 3.05) is 18.8 Å². The lowest BCUT2D eigenvalue weighted by Gasteiger charge is -2.24. The van der Waals surface area contributed by atoms with Crippen molar-refractivity contribution in [3.05, 3.63) is 0 Å². The monoisotopic (exact) mass is 243 g/mol. The summed E-state index contributed by atoms with van der Waals surface area (Å²) in [5.41, 5.74) is 0. The molecule has 0 aliphatic carbocycles. The van der Waals surface area contributed by atoms with Crippen LogP contribution < -0.4 is 16.0 Å². The summed E-state index contributed by atoms with van der Waals surface area (Å²) in [5.74, 6) is 0.480. The first-order valence-corrected chi connectivity index (χ1v) is 6.68. The third kappa shape index (κ3) is 3.12. The van der Waals surface area contributed by atoms with Crippen LogP contribution in [0.1, 0.15) is 19.3 Å². The van der Waals surface area contributed by atoms with Gasteiger partial charge in [0.05, 0.1) is 0 Å². The molecule has 0 aromatic rings.